The molecule has 1 heterocycles. The summed E-state index contributed by atoms with van der Waals surface area (Å²) in [5.41, 5.74) is 1.97. The normalized spacial score (nSPS) is 10.5. The molecule has 0 atom stereocenters. The lowest BCUT2D eigenvalue weighted by atomic mass is 10.1. The lowest BCUT2D eigenvalue weighted by molar-refractivity contribution is 0.0697. The smallest absolute Gasteiger partial charge is 0.335 e. The first-order chi connectivity index (χ1) is 9.49. The summed E-state index contributed by atoms with van der Waals surface area (Å²) in [6.07, 6.45) is 1.73. The van der Waals surface area contributed by atoms with Gasteiger partial charge < -0.3 is 14.9 Å². The number of hydrogen-bond donors (Lipinski definition) is 1. The van der Waals surface area contributed by atoms with Crippen LogP contribution in [-0.4, -0.2) is 55.2 Å². The van der Waals surface area contributed by atoms with E-state index >= 15 is 0 Å². The van der Waals surface area contributed by atoms with Gasteiger partial charge in [-0.3, -0.25) is 4.98 Å². The van der Waals surface area contributed by atoms with Crippen LogP contribution in [0.15, 0.2) is 30.5 Å². The summed E-state index contributed by atoms with van der Waals surface area (Å²) in [4.78, 5) is 19.8. The number of carboxylic acid groups (broad SMARTS) is 1. The third-order valence-corrected chi connectivity index (χ3v) is 3.23. The number of rotatable bonds is 5. The van der Waals surface area contributed by atoms with Crippen LogP contribution < -0.4 is 4.90 Å². The van der Waals surface area contributed by atoms with E-state index in [1.807, 2.05) is 38.2 Å². The summed E-state index contributed by atoms with van der Waals surface area (Å²) < 4.78 is 0. The van der Waals surface area contributed by atoms with Crippen LogP contribution in [0, 0.1) is 0 Å². The number of pyridine rings is 1. The molecule has 5 nitrogen and oxygen atoms in total. The Morgan fingerprint density at radius 1 is 1.24 bits per heavy atom. The second-order valence-electron chi connectivity index (χ2n) is 5.10. The zero-order valence-corrected chi connectivity index (χ0v) is 13.2. The van der Waals surface area contributed by atoms with Gasteiger partial charge in [-0.1, -0.05) is 6.07 Å². The van der Waals surface area contributed by atoms with Crippen LogP contribution in [0.1, 0.15) is 10.4 Å². The number of halogens is 1. The summed E-state index contributed by atoms with van der Waals surface area (Å²) in [7, 11) is 5.98. The molecule has 2 aromatic rings. The molecule has 0 aliphatic heterocycles. The molecule has 0 aliphatic carbocycles. The second kappa shape index (κ2) is 7.24. The molecule has 0 amide bonds. The Labute approximate surface area is 130 Å². The average molecular weight is 310 g/mol. The van der Waals surface area contributed by atoms with E-state index in [9.17, 15) is 9.90 Å². The largest absolute Gasteiger partial charge is 0.478 e. The van der Waals surface area contributed by atoms with Gasteiger partial charge in [-0.05, 0) is 32.3 Å². The van der Waals surface area contributed by atoms with Gasteiger partial charge in [0.2, 0.25) is 0 Å². The van der Waals surface area contributed by atoms with Gasteiger partial charge in [0.15, 0.2) is 0 Å². The summed E-state index contributed by atoms with van der Waals surface area (Å²) in [6.45, 7) is 1.70. The zero-order chi connectivity index (χ0) is 14.7. The molecule has 0 fully saturated rings. The lowest BCUT2D eigenvalue weighted by Crippen LogP contribution is -2.28. The van der Waals surface area contributed by atoms with Crippen LogP contribution in [0.3, 0.4) is 0 Å². The van der Waals surface area contributed by atoms with E-state index in [4.69, 9.17) is 0 Å². The fourth-order valence-corrected chi connectivity index (χ4v) is 2.06. The van der Waals surface area contributed by atoms with Gasteiger partial charge in [0.1, 0.15) is 0 Å². The number of aromatic nitrogens is 1. The second-order valence-corrected chi connectivity index (χ2v) is 5.10. The topological polar surface area (TPSA) is 56.7 Å². The number of hydrogen-bond acceptors (Lipinski definition) is 4. The number of likely N-dealkylation sites (N-methyl/N-ethyl adjacent to an activating group) is 2. The molecule has 1 N–H and O–H groups in total. The van der Waals surface area contributed by atoms with Crippen molar-refractivity contribution in [1.29, 1.82) is 0 Å². The Kier molecular flexibility index (Phi) is 5.93. The molecule has 0 aliphatic rings. The fourth-order valence-electron chi connectivity index (χ4n) is 2.06. The highest BCUT2D eigenvalue weighted by Gasteiger charge is 2.13. The third-order valence-electron chi connectivity index (χ3n) is 3.23. The Balaban J connectivity index is 0.00000220. The lowest BCUT2D eigenvalue weighted by Gasteiger charge is -2.23. The summed E-state index contributed by atoms with van der Waals surface area (Å²) >= 11 is 0. The SMILES string of the molecule is CN(C)CCN(C)c1cc(C(=O)O)cc2cccnc12.Cl. The number of fused-ring (bicyclic) bond motifs is 1. The van der Waals surface area contributed by atoms with Crippen LogP contribution in [0.2, 0.25) is 0 Å². The van der Waals surface area contributed by atoms with Gasteiger partial charge in [0, 0.05) is 31.7 Å². The van der Waals surface area contributed by atoms with Gasteiger partial charge >= 0.3 is 5.97 Å². The predicted octanol–water partition coefficient (Wildman–Crippen LogP) is 2.35. The van der Waals surface area contributed by atoms with Crippen molar-refractivity contribution in [2.24, 2.45) is 0 Å². The molecule has 21 heavy (non-hydrogen) atoms. The fraction of sp³-hybridized carbons (Fsp3) is 0.333. The molecule has 1 aromatic heterocycles. The van der Waals surface area contributed by atoms with Crippen molar-refractivity contribution in [1.82, 2.24) is 9.88 Å². The molecule has 114 valence electrons. The first-order valence-electron chi connectivity index (χ1n) is 6.47. The quantitative estimate of drug-likeness (QED) is 0.919. The maximum atomic E-state index is 11.2. The standard InChI is InChI=1S/C15H19N3O2.ClH/c1-17(2)7-8-18(3)13-10-12(15(19)20)9-11-5-4-6-16-14(11)13;/h4-6,9-10H,7-8H2,1-3H3,(H,19,20);1H. The van der Waals surface area contributed by atoms with Crippen LogP contribution in [-0.2, 0) is 0 Å². The van der Waals surface area contributed by atoms with E-state index in [0.29, 0.717) is 0 Å². The summed E-state index contributed by atoms with van der Waals surface area (Å²) in [6, 6.07) is 7.05. The molecule has 0 spiro atoms. The van der Waals surface area contributed by atoms with Crippen LogP contribution in [0.4, 0.5) is 5.69 Å². The van der Waals surface area contributed by atoms with Gasteiger partial charge in [0.25, 0.3) is 0 Å². The minimum absolute atomic E-state index is 0. The maximum absolute atomic E-state index is 11.2. The number of nitrogens with zero attached hydrogens (tertiary/aromatic N) is 3. The molecular weight excluding hydrogens is 290 g/mol. The minimum Gasteiger partial charge on any atom is -0.478 e. The third kappa shape index (κ3) is 4.06. The predicted molar refractivity (Wildman–Crippen MR) is 87.8 cm³/mol. The maximum Gasteiger partial charge on any atom is 0.335 e. The first-order valence-corrected chi connectivity index (χ1v) is 6.47. The average Bonchev–Trinajstić information content (AvgIpc) is 2.43. The summed E-state index contributed by atoms with van der Waals surface area (Å²) in [5, 5.41) is 10.1. The Bertz CT molecular complexity index is 631. The first kappa shape index (κ1) is 17.2. The zero-order valence-electron chi connectivity index (χ0n) is 12.4. The van der Waals surface area contributed by atoms with E-state index in [0.717, 1.165) is 29.7 Å². The molecular formula is C15H20ClN3O2. The van der Waals surface area contributed by atoms with Crippen molar-refractivity contribution < 1.29 is 9.90 Å². The Hall–Kier alpha value is -1.85. The van der Waals surface area contributed by atoms with Crippen molar-refractivity contribution in [2.45, 2.75) is 0 Å². The van der Waals surface area contributed by atoms with Gasteiger partial charge in [0.05, 0.1) is 16.8 Å². The van der Waals surface area contributed by atoms with E-state index in [-0.39, 0.29) is 18.0 Å². The van der Waals surface area contributed by atoms with Crippen molar-refractivity contribution in [3.63, 3.8) is 0 Å². The van der Waals surface area contributed by atoms with Crippen molar-refractivity contribution in [3.05, 3.63) is 36.0 Å². The van der Waals surface area contributed by atoms with E-state index in [2.05, 4.69) is 9.88 Å². The number of aromatic carboxylic acids is 1. The molecule has 0 saturated carbocycles. The molecule has 1 aromatic carbocycles. The van der Waals surface area contributed by atoms with E-state index in [1.54, 1.807) is 18.3 Å². The van der Waals surface area contributed by atoms with Crippen LogP contribution >= 0.6 is 12.4 Å². The van der Waals surface area contributed by atoms with Crippen molar-refractivity contribution in [3.8, 4) is 0 Å². The molecule has 0 unspecified atom stereocenters. The minimum atomic E-state index is -0.919. The molecule has 0 saturated heterocycles. The number of benzene rings is 1. The highest BCUT2D eigenvalue weighted by atomic mass is 35.5. The molecule has 0 bridgehead atoms. The monoisotopic (exact) mass is 309 g/mol. The molecule has 0 radical (unpaired) electrons. The van der Waals surface area contributed by atoms with Crippen molar-refractivity contribution in [2.75, 3.05) is 39.1 Å². The highest BCUT2D eigenvalue weighted by molar-refractivity contribution is 5.99. The Morgan fingerprint density at radius 3 is 2.57 bits per heavy atom. The number of anilines is 1. The molecule has 2 rings (SSSR count). The highest BCUT2D eigenvalue weighted by Crippen LogP contribution is 2.26. The number of carboxylic acids is 1. The van der Waals surface area contributed by atoms with E-state index < -0.39 is 5.97 Å². The Morgan fingerprint density at radius 2 is 1.95 bits per heavy atom. The van der Waals surface area contributed by atoms with E-state index in [1.165, 1.54) is 0 Å². The van der Waals surface area contributed by atoms with Gasteiger partial charge in [-0.25, -0.2) is 4.79 Å². The van der Waals surface area contributed by atoms with Gasteiger partial charge in [-0.15, -0.1) is 12.4 Å². The summed E-state index contributed by atoms with van der Waals surface area (Å²) in [5.74, 6) is -0.919. The number of carbonyl (C=O) groups is 1. The van der Waals surface area contributed by atoms with Crippen LogP contribution in [0.5, 0.6) is 0 Å². The molecule has 6 heteroatoms. The van der Waals surface area contributed by atoms with Crippen LogP contribution in [0.25, 0.3) is 10.9 Å². The van der Waals surface area contributed by atoms with Gasteiger partial charge in [-0.2, -0.15) is 0 Å². The van der Waals surface area contributed by atoms with Crippen molar-refractivity contribution >= 4 is 35.0 Å².